The van der Waals surface area contributed by atoms with E-state index in [2.05, 4.69) is 26.2 Å². The van der Waals surface area contributed by atoms with Gasteiger partial charge in [-0.05, 0) is 64.5 Å². The first-order valence-electron chi connectivity index (χ1n) is 13.1. The Hall–Kier alpha value is -2.68. The third-order valence-corrected chi connectivity index (χ3v) is 5.70. The van der Waals surface area contributed by atoms with Gasteiger partial charge in [0.05, 0.1) is 18.7 Å². The lowest BCUT2D eigenvalue weighted by atomic mass is 10.1. The van der Waals surface area contributed by atoms with E-state index in [1.807, 2.05) is 0 Å². The average molecular weight is 530 g/mol. The smallest absolute Gasteiger partial charge is 0.236 e. The highest BCUT2D eigenvalue weighted by atomic mass is 16.5. The maximum atomic E-state index is 12.2. The molecule has 0 unspecified atom stereocenters. The Morgan fingerprint density at radius 3 is 1.49 bits per heavy atom. The highest BCUT2D eigenvalue weighted by molar-refractivity contribution is 5.81. The molecule has 2 atom stereocenters. The zero-order chi connectivity index (χ0) is 27.9. The summed E-state index contributed by atoms with van der Waals surface area (Å²) in [5.74, 6) is -0.425. The number of ether oxygens (including phenoxy) is 1. The van der Waals surface area contributed by atoms with Gasteiger partial charge in [-0.2, -0.15) is 0 Å². The molecule has 0 aliphatic heterocycles. The Morgan fingerprint density at radius 2 is 1.11 bits per heavy atom. The Kier molecular flexibility index (Phi) is 20.9. The molecule has 0 heterocycles. The number of rotatable bonds is 23. The van der Waals surface area contributed by atoms with E-state index in [1.165, 1.54) is 0 Å². The predicted octanol–water partition coefficient (Wildman–Crippen LogP) is -2.09. The zero-order valence-electron chi connectivity index (χ0n) is 22.4. The second-order valence-corrected chi connectivity index (χ2v) is 9.01. The van der Waals surface area contributed by atoms with Gasteiger partial charge >= 0.3 is 0 Å². The number of methoxy groups -OCH3 is 1. The molecule has 0 aromatic heterocycles. The normalized spacial score (nSPS) is 12.5. The summed E-state index contributed by atoms with van der Waals surface area (Å²) in [5, 5.41) is 25.4. The van der Waals surface area contributed by atoms with Gasteiger partial charge in [0.1, 0.15) is 0 Å². The maximum absolute atomic E-state index is 12.2. The minimum Gasteiger partial charge on any atom is -0.383 e. The predicted molar refractivity (Wildman–Crippen MR) is 147 cm³/mol. The van der Waals surface area contributed by atoms with Crippen molar-refractivity contribution in [2.75, 3.05) is 59.5 Å². The SMILES string of the molecule is COCCN(CCCNC(=O)[C@H](N)CCCCNC(=N)N)CCCNC(=O)[C@H](N)CCCCNC(=N)N. The first-order valence-corrected chi connectivity index (χ1v) is 13.1. The minimum atomic E-state index is -0.547. The van der Waals surface area contributed by atoms with Gasteiger partial charge in [0.2, 0.25) is 11.8 Å². The molecule has 0 radical (unpaired) electrons. The molecule has 0 aliphatic rings. The second kappa shape index (κ2) is 22.5. The molecule has 0 saturated heterocycles. The van der Waals surface area contributed by atoms with E-state index in [1.54, 1.807) is 7.11 Å². The molecule has 0 bridgehead atoms. The topological polar surface area (TPSA) is 247 Å². The van der Waals surface area contributed by atoms with Gasteiger partial charge in [-0.25, -0.2) is 0 Å². The Balaban J connectivity index is 4.05. The molecular formula is C23H51N11O3. The van der Waals surface area contributed by atoms with Gasteiger partial charge in [-0.3, -0.25) is 20.4 Å². The van der Waals surface area contributed by atoms with E-state index in [0.717, 1.165) is 58.2 Å². The van der Waals surface area contributed by atoms with Crippen LogP contribution in [0.3, 0.4) is 0 Å². The van der Waals surface area contributed by atoms with Crippen LogP contribution in [0.4, 0.5) is 0 Å². The lowest BCUT2D eigenvalue weighted by Crippen LogP contribution is -2.42. The molecule has 0 saturated carbocycles. The van der Waals surface area contributed by atoms with Crippen LogP contribution in [0.5, 0.6) is 0 Å². The molecule has 2 amide bonds. The van der Waals surface area contributed by atoms with Gasteiger partial charge in [0.15, 0.2) is 11.9 Å². The Bertz CT molecular complexity index is 601. The van der Waals surface area contributed by atoms with E-state index >= 15 is 0 Å². The highest BCUT2D eigenvalue weighted by Crippen LogP contribution is 2.00. The van der Waals surface area contributed by atoms with E-state index in [0.29, 0.717) is 45.6 Å². The Labute approximate surface area is 221 Å². The third-order valence-electron chi connectivity index (χ3n) is 5.70. The van der Waals surface area contributed by atoms with Crippen molar-refractivity contribution >= 4 is 23.7 Å². The summed E-state index contributed by atoms with van der Waals surface area (Å²) >= 11 is 0. The van der Waals surface area contributed by atoms with Gasteiger partial charge in [0, 0.05) is 39.8 Å². The first-order chi connectivity index (χ1) is 17.7. The van der Waals surface area contributed by atoms with Crippen LogP contribution in [0.25, 0.3) is 0 Å². The van der Waals surface area contributed by atoms with E-state index in [9.17, 15) is 9.59 Å². The lowest BCUT2D eigenvalue weighted by molar-refractivity contribution is -0.123. The van der Waals surface area contributed by atoms with E-state index in [-0.39, 0.29) is 23.7 Å². The van der Waals surface area contributed by atoms with Crippen LogP contribution in [0.2, 0.25) is 0 Å². The molecule has 14 nitrogen and oxygen atoms in total. The number of hydrogen-bond acceptors (Lipinski definition) is 8. The van der Waals surface area contributed by atoms with Crippen molar-refractivity contribution in [2.24, 2.45) is 22.9 Å². The maximum Gasteiger partial charge on any atom is 0.236 e. The molecule has 14 heteroatoms. The third kappa shape index (κ3) is 21.1. The van der Waals surface area contributed by atoms with Gasteiger partial charge < -0.3 is 53.8 Å². The number of carbonyl (C=O) groups is 2. The number of unbranched alkanes of at least 4 members (excludes halogenated alkanes) is 2. The van der Waals surface area contributed by atoms with Gasteiger partial charge in [-0.15, -0.1) is 0 Å². The lowest BCUT2D eigenvalue weighted by Gasteiger charge is -2.22. The van der Waals surface area contributed by atoms with Crippen molar-refractivity contribution in [3.05, 3.63) is 0 Å². The molecule has 216 valence electrons. The van der Waals surface area contributed by atoms with Crippen LogP contribution in [0, 0.1) is 10.8 Å². The summed E-state index contributed by atoms with van der Waals surface area (Å²) < 4.78 is 5.20. The molecule has 0 spiro atoms. The standard InChI is InChI=1S/C23H51N11O3/c1-37-17-16-34(14-6-12-30-20(35)18(24)8-2-4-10-32-22(26)27)15-7-13-31-21(36)19(25)9-3-5-11-33-23(28)29/h18-19H,2-17,24-25H2,1H3,(H,30,35)(H,31,36)(H4,26,27,32)(H4,28,29,33)/t18-,19-/m1/s1. The summed E-state index contributed by atoms with van der Waals surface area (Å²) in [6.45, 7) is 5.21. The summed E-state index contributed by atoms with van der Waals surface area (Å²) in [6, 6.07) is -1.09. The monoisotopic (exact) mass is 529 g/mol. The summed E-state index contributed by atoms with van der Waals surface area (Å²) in [7, 11) is 1.66. The fourth-order valence-corrected chi connectivity index (χ4v) is 3.53. The molecule has 0 fully saturated rings. The van der Waals surface area contributed by atoms with Crippen molar-refractivity contribution in [1.29, 1.82) is 10.8 Å². The fourth-order valence-electron chi connectivity index (χ4n) is 3.53. The van der Waals surface area contributed by atoms with Crippen LogP contribution in [-0.4, -0.2) is 100 Å². The molecule has 14 N–H and O–H groups in total. The second-order valence-electron chi connectivity index (χ2n) is 9.01. The van der Waals surface area contributed by atoms with E-state index in [4.69, 9.17) is 38.5 Å². The van der Waals surface area contributed by atoms with Crippen molar-refractivity contribution in [1.82, 2.24) is 26.2 Å². The molecule has 37 heavy (non-hydrogen) atoms. The zero-order valence-corrected chi connectivity index (χ0v) is 22.4. The summed E-state index contributed by atoms with van der Waals surface area (Å²) in [4.78, 5) is 26.6. The van der Waals surface area contributed by atoms with Crippen LogP contribution < -0.4 is 44.2 Å². The van der Waals surface area contributed by atoms with Crippen molar-refractivity contribution in [3.8, 4) is 0 Å². The number of hydrogen-bond donors (Lipinski definition) is 10. The number of nitrogens with one attached hydrogen (secondary N) is 6. The molecule has 0 aliphatic carbocycles. The molecule has 0 aromatic rings. The van der Waals surface area contributed by atoms with Crippen molar-refractivity contribution in [3.63, 3.8) is 0 Å². The molecule has 0 aromatic carbocycles. The van der Waals surface area contributed by atoms with Crippen LogP contribution >= 0.6 is 0 Å². The first kappa shape index (κ1) is 34.3. The average Bonchev–Trinajstić information content (AvgIpc) is 2.85. The molecular weight excluding hydrogens is 478 g/mol. The number of guanidine groups is 2. The van der Waals surface area contributed by atoms with E-state index < -0.39 is 12.1 Å². The quantitative estimate of drug-likeness (QED) is 0.0392. The van der Waals surface area contributed by atoms with Crippen LogP contribution in [0.15, 0.2) is 0 Å². The molecule has 0 rings (SSSR count). The summed E-state index contributed by atoms with van der Waals surface area (Å²) in [6.07, 6.45) is 5.86. The van der Waals surface area contributed by atoms with Gasteiger partial charge in [0.25, 0.3) is 0 Å². The Morgan fingerprint density at radius 1 is 0.703 bits per heavy atom. The number of nitrogens with zero attached hydrogens (tertiary/aromatic N) is 1. The van der Waals surface area contributed by atoms with Crippen LogP contribution in [-0.2, 0) is 14.3 Å². The van der Waals surface area contributed by atoms with Crippen molar-refractivity contribution in [2.45, 2.75) is 63.5 Å². The largest absolute Gasteiger partial charge is 0.383 e. The van der Waals surface area contributed by atoms with Crippen molar-refractivity contribution < 1.29 is 14.3 Å². The highest BCUT2D eigenvalue weighted by Gasteiger charge is 2.14. The number of amides is 2. The van der Waals surface area contributed by atoms with Gasteiger partial charge in [-0.1, -0.05) is 0 Å². The summed E-state index contributed by atoms with van der Waals surface area (Å²) in [5.41, 5.74) is 22.4. The fraction of sp³-hybridized carbons (Fsp3) is 0.826. The van der Waals surface area contributed by atoms with Crippen LogP contribution in [0.1, 0.15) is 51.4 Å². The number of nitrogens with two attached hydrogens (primary N) is 4. The minimum absolute atomic E-state index is 0.0571. The number of carbonyl (C=O) groups excluding carboxylic acids is 2.